The molecule has 0 fully saturated rings. The Kier molecular flexibility index (Phi) is 3.46. The van der Waals surface area contributed by atoms with E-state index in [0.29, 0.717) is 6.54 Å². The number of thiophene rings is 1. The van der Waals surface area contributed by atoms with Crippen LogP contribution in [-0.2, 0) is 16.6 Å². The summed E-state index contributed by atoms with van der Waals surface area (Å²) in [5.41, 5.74) is 1.90. The van der Waals surface area contributed by atoms with E-state index in [1.165, 1.54) is 12.1 Å². The van der Waals surface area contributed by atoms with Crippen LogP contribution in [0.4, 0.5) is 5.69 Å². The van der Waals surface area contributed by atoms with E-state index in [4.69, 9.17) is 5.14 Å². The highest BCUT2D eigenvalue weighted by molar-refractivity contribution is 7.89. The van der Waals surface area contributed by atoms with Gasteiger partial charge in [-0.3, -0.25) is 0 Å². The molecule has 1 aromatic heterocycles. The Morgan fingerprint density at radius 1 is 1.29 bits per heavy atom. The summed E-state index contributed by atoms with van der Waals surface area (Å²) >= 11 is 1.63. The molecule has 0 aliphatic carbocycles. The molecule has 0 bridgehead atoms. The highest BCUT2D eigenvalue weighted by atomic mass is 32.2. The van der Waals surface area contributed by atoms with Crippen molar-refractivity contribution in [3.8, 4) is 0 Å². The number of benzene rings is 1. The molecule has 0 aliphatic heterocycles. The van der Waals surface area contributed by atoms with Gasteiger partial charge in [0.15, 0.2) is 0 Å². The van der Waals surface area contributed by atoms with Crippen LogP contribution in [0.25, 0.3) is 0 Å². The Balaban J connectivity index is 2.12. The van der Waals surface area contributed by atoms with E-state index in [1.807, 2.05) is 16.8 Å². The average Bonchev–Trinajstić information content (AvgIpc) is 2.78. The van der Waals surface area contributed by atoms with Crippen molar-refractivity contribution in [2.45, 2.75) is 11.4 Å². The van der Waals surface area contributed by atoms with Crippen molar-refractivity contribution in [2.24, 2.45) is 5.14 Å². The molecule has 0 aliphatic rings. The zero-order valence-corrected chi connectivity index (χ0v) is 10.6. The predicted octanol–water partition coefficient (Wildman–Crippen LogP) is 2.01. The quantitative estimate of drug-likeness (QED) is 0.891. The Bertz CT molecular complexity index is 592. The van der Waals surface area contributed by atoms with Gasteiger partial charge in [-0.15, -0.1) is 0 Å². The van der Waals surface area contributed by atoms with Crippen molar-refractivity contribution >= 4 is 27.0 Å². The fourth-order valence-electron chi connectivity index (χ4n) is 1.38. The highest BCUT2D eigenvalue weighted by Gasteiger charge is 2.07. The number of primary sulfonamides is 1. The van der Waals surface area contributed by atoms with Crippen LogP contribution >= 0.6 is 11.3 Å². The van der Waals surface area contributed by atoms with Crippen molar-refractivity contribution in [1.29, 1.82) is 0 Å². The van der Waals surface area contributed by atoms with Gasteiger partial charge in [0, 0.05) is 12.2 Å². The van der Waals surface area contributed by atoms with Crippen LogP contribution in [0, 0.1) is 0 Å². The molecule has 2 aromatic rings. The lowest BCUT2D eigenvalue weighted by Crippen LogP contribution is -2.12. The summed E-state index contributed by atoms with van der Waals surface area (Å²) in [4.78, 5) is 0.118. The van der Waals surface area contributed by atoms with Crippen molar-refractivity contribution < 1.29 is 8.42 Å². The number of hydrogen-bond donors (Lipinski definition) is 2. The van der Waals surface area contributed by atoms with Crippen LogP contribution in [-0.4, -0.2) is 8.42 Å². The number of hydrogen-bond acceptors (Lipinski definition) is 4. The summed E-state index contributed by atoms with van der Waals surface area (Å²) in [6.45, 7) is 0.664. The van der Waals surface area contributed by atoms with Crippen LogP contribution in [0.2, 0.25) is 0 Å². The van der Waals surface area contributed by atoms with Gasteiger partial charge in [-0.25, -0.2) is 13.6 Å². The first-order valence-corrected chi connectivity index (χ1v) is 7.42. The molecule has 0 amide bonds. The maximum absolute atomic E-state index is 11.2. The fraction of sp³-hybridized carbons (Fsp3) is 0.0909. The van der Waals surface area contributed by atoms with Gasteiger partial charge in [-0.1, -0.05) is 6.07 Å². The molecule has 0 saturated heterocycles. The third-order valence-electron chi connectivity index (χ3n) is 2.24. The summed E-state index contributed by atoms with van der Waals surface area (Å²) in [6.07, 6.45) is 0. The lowest BCUT2D eigenvalue weighted by molar-refractivity contribution is 0.598. The van der Waals surface area contributed by atoms with Crippen molar-refractivity contribution in [3.05, 3.63) is 46.7 Å². The second-order valence-electron chi connectivity index (χ2n) is 3.56. The van der Waals surface area contributed by atoms with Crippen molar-refractivity contribution in [1.82, 2.24) is 0 Å². The zero-order valence-electron chi connectivity index (χ0n) is 8.96. The summed E-state index contributed by atoms with van der Waals surface area (Å²) < 4.78 is 22.3. The highest BCUT2D eigenvalue weighted by Crippen LogP contribution is 2.15. The van der Waals surface area contributed by atoms with Gasteiger partial charge in [0.1, 0.15) is 0 Å². The third kappa shape index (κ3) is 3.29. The minimum atomic E-state index is -3.64. The summed E-state index contributed by atoms with van der Waals surface area (Å²) in [5, 5.41) is 12.2. The van der Waals surface area contributed by atoms with Gasteiger partial charge in [-0.2, -0.15) is 11.3 Å². The van der Waals surface area contributed by atoms with Crippen molar-refractivity contribution in [2.75, 3.05) is 5.32 Å². The summed E-state index contributed by atoms with van der Waals surface area (Å²) in [5.74, 6) is 0. The number of nitrogens with one attached hydrogen (secondary N) is 1. The predicted molar refractivity (Wildman–Crippen MR) is 69.5 cm³/mol. The molecule has 6 heteroatoms. The maximum atomic E-state index is 11.2. The molecule has 0 unspecified atom stereocenters. The second-order valence-corrected chi connectivity index (χ2v) is 5.90. The van der Waals surface area contributed by atoms with Crippen LogP contribution in [0.5, 0.6) is 0 Å². The van der Waals surface area contributed by atoms with E-state index in [-0.39, 0.29) is 4.90 Å². The Hall–Kier alpha value is -1.37. The van der Waals surface area contributed by atoms with E-state index in [1.54, 1.807) is 23.5 Å². The number of anilines is 1. The van der Waals surface area contributed by atoms with Gasteiger partial charge in [0.2, 0.25) is 10.0 Å². The minimum absolute atomic E-state index is 0.118. The van der Waals surface area contributed by atoms with Gasteiger partial charge < -0.3 is 5.32 Å². The third-order valence-corrected chi connectivity index (χ3v) is 3.88. The Morgan fingerprint density at radius 2 is 2.12 bits per heavy atom. The van der Waals surface area contributed by atoms with Gasteiger partial charge in [-0.05, 0) is 40.6 Å². The number of rotatable bonds is 4. The molecule has 90 valence electrons. The first-order chi connectivity index (χ1) is 8.05. The minimum Gasteiger partial charge on any atom is -0.381 e. The number of sulfonamides is 1. The first kappa shape index (κ1) is 12.1. The maximum Gasteiger partial charge on any atom is 0.238 e. The Labute approximate surface area is 104 Å². The topological polar surface area (TPSA) is 72.2 Å². The van der Waals surface area contributed by atoms with Crippen LogP contribution in [0.1, 0.15) is 5.56 Å². The lowest BCUT2D eigenvalue weighted by atomic mass is 10.3. The smallest absolute Gasteiger partial charge is 0.238 e. The molecule has 17 heavy (non-hydrogen) atoms. The number of nitrogens with two attached hydrogens (primary N) is 1. The molecule has 0 atom stereocenters. The largest absolute Gasteiger partial charge is 0.381 e. The molecular formula is C11H12N2O2S2. The monoisotopic (exact) mass is 268 g/mol. The molecule has 2 rings (SSSR count). The molecule has 0 radical (unpaired) electrons. The molecule has 0 spiro atoms. The molecule has 3 N–H and O–H groups in total. The SMILES string of the molecule is NS(=O)(=O)c1cccc(NCc2ccsc2)c1. The Morgan fingerprint density at radius 3 is 2.76 bits per heavy atom. The normalized spacial score (nSPS) is 11.4. The molecule has 0 saturated carbocycles. The van der Waals surface area contributed by atoms with Crippen LogP contribution in [0.15, 0.2) is 46.0 Å². The van der Waals surface area contributed by atoms with E-state index < -0.39 is 10.0 Å². The molecule has 1 aromatic carbocycles. The van der Waals surface area contributed by atoms with Crippen molar-refractivity contribution in [3.63, 3.8) is 0 Å². The molecule has 4 nitrogen and oxygen atoms in total. The lowest BCUT2D eigenvalue weighted by Gasteiger charge is -2.06. The zero-order chi connectivity index (χ0) is 12.3. The fourth-order valence-corrected chi connectivity index (χ4v) is 2.61. The first-order valence-electron chi connectivity index (χ1n) is 4.93. The van der Waals surface area contributed by atoms with Gasteiger partial charge in [0.25, 0.3) is 0 Å². The average molecular weight is 268 g/mol. The molecule has 1 heterocycles. The van der Waals surface area contributed by atoms with Crippen LogP contribution in [0.3, 0.4) is 0 Å². The van der Waals surface area contributed by atoms with Crippen LogP contribution < -0.4 is 10.5 Å². The van der Waals surface area contributed by atoms with E-state index in [2.05, 4.69) is 5.32 Å². The standard InChI is InChI=1S/C11H12N2O2S2/c12-17(14,15)11-3-1-2-10(6-11)13-7-9-4-5-16-8-9/h1-6,8,13H,7H2,(H2,12,14,15). The summed E-state index contributed by atoms with van der Waals surface area (Å²) in [7, 11) is -3.64. The van der Waals surface area contributed by atoms with E-state index >= 15 is 0 Å². The van der Waals surface area contributed by atoms with Gasteiger partial charge in [0.05, 0.1) is 4.90 Å². The summed E-state index contributed by atoms with van der Waals surface area (Å²) in [6, 6.07) is 8.49. The second kappa shape index (κ2) is 4.87. The van der Waals surface area contributed by atoms with Gasteiger partial charge >= 0.3 is 0 Å². The molecular weight excluding hydrogens is 256 g/mol. The van der Waals surface area contributed by atoms with E-state index in [9.17, 15) is 8.42 Å². The van der Waals surface area contributed by atoms with E-state index in [0.717, 1.165) is 11.3 Å².